The Morgan fingerprint density at radius 1 is 1.45 bits per heavy atom. The van der Waals surface area contributed by atoms with E-state index >= 15 is 0 Å². The highest BCUT2D eigenvalue weighted by Gasteiger charge is 2.02. The van der Waals surface area contributed by atoms with Gasteiger partial charge in [0.25, 0.3) is 0 Å². The standard InChI is InChI=1S/C7H13NO3/c1-2-3-6(10)4-8-7(11)5-9/h9H,2-5H2,1H3,(H,8,11). The molecule has 0 saturated heterocycles. The van der Waals surface area contributed by atoms with E-state index in [4.69, 9.17) is 5.11 Å². The molecule has 0 aromatic carbocycles. The molecule has 0 atom stereocenters. The zero-order valence-corrected chi connectivity index (χ0v) is 6.59. The first-order valence-corrected chi connectivity index (χ1v) is 3.60. The van der Waals surface area contributed by atoms with Crippen LogP contribution in [0.5, 0.6) is 0 Å². The second-order valence-corrected chi connectivity index (χ2v) is 2.22. The van der Waals surface area contributed by atoms with E-state index in [1.807, 2.05) is 6.92 Å². The molecule has 11 heavy (non-hydrogen) atoms. The number of carbonyl (C=O) groups excluding carboxylic acids is 2. The van der Waals surface area contributed by atoms with Crippen molar-refractivity contribution in [2.75, 3.05) is 13.2 Å². The van der Waals surface area contributed by atoms with E-state index in [0.29, 0.717) is 6.42 Å². The van der Waals surface area contributed by atoms with Crippen molar-refractivity contribution < 1.29 is 14.7 Å². The fraction of sp³-hybridized carbons (Fsp3) is 0.714. The van der Waals surface area contributed by atoms with Crippen molar-refractivity contribution in [2.24, 2.45) is 0 Å². The molecule has 0 heterocycles. The molecular weight excluding hydrogens is 146 g/mol. The van der Waals surface area contributed by atoms with E-state index in [-0.39, 0.29) is 12.3 Å². The zero-order valence-electron chi connectivity index (χ0n) is 6.59. The molecule has 0 aliphatic carbocycles. The van der Waals surface area contributed by atoms with E-state index in [1.165, 1.54) is 0 Å². The minimum atomic E-state index is -0.556. The molecule has 0 spiro atoms. The molecule has 0 unspecified atom stereocenters. The van der Waals surface area contributed by atoms with Crippen LogP contribution in [0.4, 0.5) is 0 Å². The average Bonchev–Trinajstić information content (AvgIpc) is 2.01. The number of aliphatic hydroxyl groups is 1. The van der Waals surface area contributed by atoms with Crippen LogP contribution in [-0.2, 0) is 9.59 Å². The zero-order chi connectivity index (χ0) is 8.69. The number of ketones is 1. The molecule has 4 nitrogen and oxygen atoms in total. The number of aliphatic hydroxyl groups excluding tert-OH is 1. The smallest absolute Gasteiger partial charge is 0.246 e. The van der Waals surface area contributed by atoms with Crippen molar-refractivity contribution in [2.45, 2.75) is 19.8 Å². The number of hydrogen-bond donors (Lipinski definition) is 2. The largest absolute Gasteiger partial charge is 0.387 e. The first-order valence-electron chi connectivity index (χ1n) is 3.60. The maximum Gasteiger partial charge on any atom is 0.246 e. The number of Topliss-reactive ketones (excluding diaryl/α,β-unsaturated/α-hetero) is 1. The maximum absolute atomic E-state index is 10.8. The Balaban J connectivity index is 3.38. The Morgan fingerprint density at radius 2 is 2.09 bits per heavy atom. The van der Waals surface area contributed by atoms with Crippen molar-refractivity contribution in [3.63, 3.8) is 0 Å². The molecule has 0 bridgehead atoms. The third kappa shape index (κ3) is 5.54. The normalized spacial score (nSPS) is 9.27. The molecule has 0 aliphatic heterocycles. The highest BCUT2D eigenvalue weighted by Crippen LogP contribution is 1.86. The Morgan fingerprint density at radius 3 is 2.55 bits per heavy atom. The molecule has 4 heteroatoms. The number of rotatable bonds is 5. The summed E-state index contributed by atoms with van der Waals surface area (Å²) in [6, 6.07) is 0. The summed E-state index contributed by atoms with van der Waals surface area (Å²) in [5.41, 5.74) is 0. The topological polar surface area (TPSA) is 66.4 Å². The molecule has 64 valence electrons. The number of hydrogen-bond acceptors (Lipinski definition) is 3. The average molecular weight is 159 g/mol. The molecule has 2 N–H and O–H groups in total. The van der Waals surface area contributed by atoms with Gasteiger partial charge in [-0.25, -0.2) is 0 Å². The lowest BCUT2D eigenvalue weighted by molar-refractivity contribution is -0.127. The van der Waals surface area contributed by atoms with E-state index in [2.05, 4.69) is 5.32 Å². The number of amides is 1. The van der Waals surface area contributed by atoms with Gasteiger partial charge in [-0.2, -0.15) is 0 Å². The Labute approximate surface area is 65.6 Å². The van der Waals surface area contributed by atoms with Gasteiger partial charge < -0.3 is 10.4 Å². The summed E-state index contributed by atoms with van der Waals surface area (Å²) in [4.78, 5) is 21.2. The van der Waals surface area contributed by atoms with Gasteiger partial charge in [-0.1, -0.05) is 6.92 Å². The lowest BCUT2D eigenvalue weighted by atomic mass is 10.2. The Bertz CT molecular complexity index is 145. The molecule has 0 aromatic heterocycles. The first kappa shape index (κ1) is 10.1. The van der Waals surface area contributed by atoms with Crippen LogP contribution in [0.15, 0.2) is 0 Å². The van der Waals surface area contributed by atoms with Gasteiger partial charge in [0, 0.05) is 6.42 Å². The minimum absolute atomic E-state index is 0.00528. The van der Waals surface area contributed by atoms with Crippen LogP contribution in [0.2, 0.25) is 0 Å². The van der Waals surface area contributed by atoms with Gasteiger partial charge in [-0.15, -0.1) is 0 Å². The van der Waals surface area contributed by atoms with E-state index in [0.717, 1.165) is 6.42 Å². The minimum Gasteiger partial charge on any atom is -0.387 e. The SMILES string of the molecule is CCCC(=O)CNC(=O)CO. The molecule has 0 rings (SSSR count). The van der Waals surface area contributed by atoms with E-state index in [1.54, 1.807) is 0 Å². The quantitative estimate of drug-likeness (QED) is 0.566. The number of carbonyl (C=O) groups is 2. The Hall–Kier alpha value is -0.900. The summed E-state index contributed by atoms with van der Waals surface area (Å²) in [5, 5.41) is 10.5. The second-order valence-electron chi connectivity index (χ2n) is 2.22. The summed E-state index contributed by atoms with van der Waals surface area (Å²) in [7, 11) is 0. The van der Waals surface area contributed by atoms with Crippen LogP contribution in [-0.4, -0.2) is 29.9 Å². The summed E-state index contributed by atoms with van der Waals surface area (Å²) < 4.78 is 0. The van der Waals surface area contributed by atoms with Gasteiger partial charge in [-0.3, -0.25) is 9.59 Å². The van der Waals surface area contributed by atoms with Crippen LogP contribution in [0, 0.1) is 0 Å². The van der Waals surface area contributed by atoms with Crippen molar-refractivity contribution in [3.8, 4) is 0 Å². The van der Waals surface area contributed by atoms with Crippen molar-refractivity contribution in [3.05, 3.63) is 0 Å². The highest BCUT2D eigenvalue weighted by molar-refractivity contribution is 5.86. The molecule has 0 saturated carbocycles. The van der Waals surface area contributed by atoms with Gasteiger partial charge >= 0.3 is 0 Å². The summed E-state index contributed by atoms with van der Waals surface area (Å²) in [6.07, 6.45) is 1.26. The van der Waals surface area contributed by atoms with Crippen LogP contribution in [0.25, 0.3) is 0 Å². The van der Waals surface area contributed by atoms with E-state index < -0.39 is 12.5 Å². The van der Waals surface area contributed by atoms with Gasteiger partial charge in [0.2, 0.25) is 5.91 Å². The highest BCUT2D eigenvalue weighted by atomic mass is 16.3. The molecular formula is C7H13NO3. The van der Waals surface area contributed by atoms with Gasteiger partial charge in [0.05, 0.1) is 6.54 Å². The van der Waals surface area contributed by atoms with Crippen molar-refractivity contribution in [1.82, 2.24) is 5.32 Å². The summed E-state index contributed by atoms with van der Waals surface area (Å²) in [5.74, 6) is -0.510. The fourth-order valence-electron chi connectivity index (χ4n) is 0.620. The first-order chi connectivity index (χ1) is 5.20. The van der Waals surface area contributed by atoms with Crippen LogP contribution in [0.3, 0.4) is 0 Å². The predicted molar refractivity (Wildman–Crippen MR) is 40.0 cm³/mol. The summed E-state index contributed by atoms with van der Waals surface area (Å²) >= 11 is 0. The predicted octanol–water partition coefficient (Wildman–Crippen LogP) is -0.536. The van der Waals surface area contributed by atoms with Crippen molar-refractivity contribution >= 4 is 11.7 Å². The van der Waals surface area contributed by atoms with E-state index in [9.17, 15) is 9.59 Å². The van der Waals surface area contributed by atoms with Gasteiger partial charge in [0.1, 0.15) is 6.61 Å². The lowest BCUT2D eigenvalue weighted by Crippen LogP contribution is -2.31. The van der Waals surface area contributed by atoms with Gasteiger partial charge in [0.15, 0.2) is 5.78 Å². The molecule has 0 radical (unpaired) electrons. The molecule has 1 amide bonds. The van der Waals surface area contributed by atoms with Crippen molar-refractivity contribution in [1.29, 1.82) is 0 Å². The third-order valence-electron chi connectivity index (χ3n) is 1.16. The molecule has 0 aliphatic rings. The molecule has 0 fully saturated rings. The lowest BCUT2D eigenvalue weighted by Gasteiger charge is -1.99. The maximum atomic E-state index is 10.8. The monoisotopic (exact) mass is 159 g/mol. The number of nitrogens with one attached hydrogen (secondary N) is 1. The van der Waals surface area contributed by atoms with Gasteiger partial charge in [-0.05, 0) is 6.42 Å². The second kappa shape index (κ2) is 5.85. The third-order valence-corrected chi connectivity index (χ3v) is 1.16. The fourth-order valence-corrected chi connectivity index (χ4v) is 0.620. The summed E-state index contributed by atoms with van der Waals surface area (Å²) in [6.45, 7) is 1.37. The Kier molecular flexibility index (Phi) is 5.37. The van der Waals surface area contributed by atoms with Crippen LogP contribution < -0.4 is 5.32 Å². The van der Waals surface area contributed by atoms with Crippen LogP contribution in [0.1, 0.15) is 19.8 Å². The molecule has 0 aromatic rings. The van der Waals surface area contributed by atoms with Crippen LogP contribution >= 0.6 is 0 Å².